The molecule has 1 rings (SSSR count). The molecule has 0 radical (unpaired) electrons. The van der Waals surface area contributed by atoms with Crippen LogP contribution in [0.1, 0.15) is 49.7 Å². The van der Waals surface area contributed by atoms with Gasteiger partial charge in [-0.3, -0.25) is 0 Å². The average molecular weight is 229 g/mol. The number of aromatic nitrogens is 2. The summed E-state index contributed by atoms with van der Waals surface area (Å²) in [6.45, 7) is 7.59. The molecular weight excluding hydrogens is 210 g/mol. The van der Waals surface area contributed by atoms with Crippen molar-refractivity contribution in [3.63, 3.8) is 0 Å². The molecule has 0 bridgehead atoms. The van der Waals surface area contributed by atoms with E-state index in [2.05, 4.69) is 30.4 Å². The van der Waals surface area contributed by atoms with Gasteiger partial charge in [-0.05, 0) is 23.9 Å². The highest BCUT2D eigenvalue weighted by molar-refractivity contribution is 7.05. The third-order valence-electron chi connectivity index (χ3n) is 2.07. The lowest BCUT2D eigenvalue weighted by atomic mass is 10.1. The summed E-state index contributed by atoms with van der Waals surface area (Å²) in [6, 6.07) is -0.0889. The van der Waals surface area contributed by atoms with E-state index in [1.807, 2.05) is 0 Å². The fourth-order valence-corrected chi connectivity index (χ4v) is 2.08. The standard InChI is InChI=1S/C10H19N3OS/c1-4-5-14-6-8(11)10-9(7(2)3)12-13-15-10/h7-8H,4-6,11H2,1-3H3. The van der Waals surface area contributed by atoms with Crippen molar-refractivity contribution in [2.45, 2.75) is 39.2 Å². The first-order chi connectivity index (χ1) is 7.16. The van der Waals surface area contributed by atoms with Crippen LogP contribution in [-0.2, 0) is 4.74 Å². The number of nitrogens with two attached hydrogens (primary N) is 1. The molecule has 15 heavy (non-hydrogen) atoms. The van der Waals surface area contributed by atoms with Crippen LogP contribution in [0.5, 0.6) is 0 Å². The second kappa shape index (κ2) is 6.15. The van der Waals surface area contributed by atoms with Gasteiger partial charge in [0.25, 0.3) is 0 Å². The zero-order chi connectivity index (χ0) is 11.3. The highest BCUT2D eigenvalue weighted by Crippen LogP contribution is 2.24. The lowest BCUT2D eigenvalue weighted by Gasteiger charge is -2.12. The lowest BCUT2D eigenvalue weighted by Crippen LogP contribution is -2.18. The molecule has 4 nitrogen and oxygen atoms in total. The fourth-order valence-electron chi connectivity index (χ4n) is 1.29. The molecule has 0 aliphatic rings. The molecule has 0 saturated heterocycles. The molecule has 0 saturated carbocycles. The van der Waals surface area contributed by atoms with Crippen LogP contribution in [0.25, 0.3) is 0 Å². The number of hydrogen-bond donors (Lipinski definition) is 1. The van der Waals surface area contributed by atoms with Gasteiger partial charge in [-0.2, -0.15) is 0 Å². The van der Waals surface area contributed by atoms with E-state index in [0.717, 1.165) is 23.6 Å². The Morgan fingerprint density at radius 2 is 2.20 bits per heavy atom. The summed E-state index contributed by atoms with van der Waals surface area (Å²) < 4.78 is 9.38. The third-order valence-corrected chi connectivity index (χ3v) is 2.94. The summed E-state index contributed by atoms with van der Waals surface area (Å²) in [6.07, 6.45) is 1.02. The predicted octanol–water partition coefficient (Wildman–Crippen LogP) is 2.09. The highest BCUT2D eigenvalue weighted by atomic mass is 32.1. The van der Waals surface area contributed by atoms with Gasteiger partial charge in [-0.25, -0.2) is 0 Å². The summed E-state index contributed by atoms with van der Waals surface area (Å²) in [5, 5.41) is 4.10. The van der Waals surface area contributed by atoms with E-state index in [1.165, 1.54) is 11.5 Å². The van der Waals surface area contributed by atoms with Gasteiger partial charge < -0.3 is 10.5 Å². The maximum absolute atomic E-state index is 6.02. The SMILES string of the molecule is CCCOCC(N)c1snnc1C(C)C. The number of hydrogen-bond acceptors (Lipinski definition) is 5. The molecule has 86 valence electrons. The molecule has 1 heterocycles. The second-order valence-electron chi connectivity index (χ2n) is 3.86. The van der Waals surface area contributed by atoms with Gasteiger partial charge >= 0.3 is 0 Å². The Morgan fingerprint density at radius 1 is 1.47 bits per heavy atom. The van der Waals surface area contributed by atoms with E-state index < -0.39 is 0 Å². The smallest absolute Gasteiger partial charge is 0.0829 e. The minimum Gasteiger partial charge on any atom is -0.379 e. The molecule has 0 aromatic carbocycles. The van der Waals surface area contributed by atoms with Gasteiger partial charge in [0.05, 0.1) is 23.2 Å². The number of ether oxygens (including phenoxy) is 1. The maximum Gasteiger partial charge on any atom is 0.0829 e. The van der Waals surface area contributed by atoms with Crippen molar-refractivity contribution < 1.29 is 4.74 Å². The van der Waals surface area contributed by atoms with Crippen LogP contribution in [0.3, 0.4) is 0 Å². The Labute approximate surface area is 95.0 Å². The molecule has 0 amide bonds. The molecule has 2 N–H and O–H groups in total. The Balaban J connectivity index is 2.56. The van der Waals surface area contributed by atoms with Crippen LogP contribution in [0.2, 0.25) is 0 Å². The van der Waals surface area contributed by atoms with Gasteiger partial charge in [-0.1, -0.05) is 25.3 Å². The third kappa shape index (κ3) is 3.52. The predicted molar refractivity (Wildman–Crippen MR) is 62.0 cm³/mol. The maximum atomic E-state index is 6.02. The summed E-state index contributed by atoms with van der Waals surface area (Å²) >= 11 is 1.38. The molecule has 0 spiro atoms. The summed E-state index contributed by atoms with van der Waals surface area (Å²) in [4.78, 5) is 1.06. The topological polar surface area (TPSA) is 61.0 Å². The molecule has 1 aromatic rings. The van der Waals surface area contributed by atoms with Crippen LogP contribution < -0.4 is 5.73 Å². The van der Waals surface area contributed by atoms with E-state index in [9.17, 15) is 0 Å². The highest BCUT2D eigenvalue weighted by Gasteiger charge is 2.17. The van der Waals surface area contributed by atoms with E-state index >= 15 is 0 Å². The fraction of sp³-hybridized carbons (Fsp3) is 0.800. The Hall–Kier alpha value is -0.520. The minimum absolute atomic E-state index is 0.0889. The first-order valence-corrected chi connectivity index (χ1v) is 6.09. The summed E-state index contributed by atoms with van der Waals surface area (Å²) in [5.74, 6) is 0.371. The first-order valence-electron chi connectivity index (χ1n) is 5.32. The van der Waals surface area contributed by atoms with Gasteiger partial charge in [0.1, 0.15) is 0 Å². The normalized spacial score (nSPS) is 13.4. The van der Waals surface area contributed by atoms with E-state index in [1.54, 1.807) is 0 Å². The second-order valence-corrected chi connectivity index (χ2v) is 4.64. The first kappa shape index (κ1) is 12.5. The minimum atomic E-state index is -0.0889. The molecule has 0 fully saturated rings. The van der Waals surface area contributed by atoms with Crippen molar-refractivity contribution in [2.24, 2.45) is 5.73 Å². The summed E-state index contributed by atoms with van der Waals surface area (Å²) in [5.41, 5.74) is 7.03. The van der Waals surface area contributed by atoms with Gasteiger partial charge in [0, 0.05) is 6.61 Å². The molecule has 0 aliphatic carbocycles. The molecule has 1 atom stereocenters. The van der Waals surface area contributed by atoms with Crippen molar-refractivity contribution >= 4 is 11.5 Å². The van der Waals surface area contributed by atoms with Crippen molar-refractivity contribution in [2.75, 3.05) is 13.2 Å². The zero-order valence-electron chi connectivity index (χ0n) is 9.56. The van der Waals surface area contributed by atoms with E-state index in [4.69, 9.17) is 10.5 Å². The number of rotatable bonds is 6. The van der Waals surface area contributed by atoms with Crippen molar-refractivity contribution in [1.82, 2.24) is 9.59 Å². The zero-order valence-corrected chi connectivity index (χ0v) is 10.4. The Morgan fingerprint density at radius 3 is 2.80 bits per heavy atom. The number of nitrogens with zero attached hydrogens (tertiary/aromatic N) is 2. The van der Waals surface area contributed by atoms with Crippen LogP contribution in [0, 0.1) is 0 Å². The van der Waals surface area contributed by atoms with Gasteiger partial charge in [-0.15, -0.1) is 5.10 Å². The largest absolute Gasteiger partial charge is 0.379 e. The van der Waals surface area contributed by atoms with Gasteiger partial charge in [0.15, 0.2) is 0 Å². The van der Waals surface area contributed by atoms with Crippen LogP contribution >= 0.6 is 11.5 Å². The van der Waals surface area contributed by atoms with Crippen molar-refractivity contribution in [3.05, 3.63) is 10.6 Å². The van der Waals surface area contributed by atoms with Crippen LogP contribution in [-0.4, -0.2) is 22.8 Å². The average Bonchev–Trinajstić information content (AvgIpc) is 2.66. The quantitative estimate of drug-likeness (QED) is 0.759. The molecular formula is C10H19N3OS. The Kier molecular flexibility index (Phi) is 5.14. The van der Waals surface area contributed by atoms with Crippen molar-refractivity contribution in [1.29, 1.82) is 0 Å². The van der Waals surface area contributed by atoms with E-state index in [0.29, 0.717) is 12.5 Å². The molecule has 5 heteroatoms. The van der Waals surface area contributed by atoms with Gasteiger partial charge in [0.2, 0.25) is 0 Å². The summed E-state index contributed by atoms with van der Waals surface area (Å²) in [7, 11) is 0. The Bertz CT molecular complexity index is 288. The monoisotopic (exact) mass is 229 g/mol. The molecule has 0 aliphatic heterocycles. The molecule has 1 aromatic heterocycles. The van der Waals surface area contributed by atoms with Crippen molar-refractivity contribution in [3.8, 4) is 0 Å². The van der Waals surface area contributed by atoms with Crippen LogP contribution in [0.15, 0.2) is 0 Å². The van der Waals surface area contributed by atoms with E-state index in [-0.39, 0.29) is 6.04 Å². The van der Waals surface area contributed by atoms with Crippen LogP contribution in [0.4, 0.5) is 0 Å². The lowest BCUT2D eigenvalue weighted by molar-refractivity contribution is 0.122. The molecule has 1 unspecified atom stereocenters.